The van der Waals surface area contributed by atoms with E-state index in [0.29, 0.717) is 30.5 Å². The molecular formula is C28H42N6O5S2Si. The first-order valence-electron chi connectivity index (χ1n) is 14.3. The molecule has 3 aromatic rings. The van der Waals surface area contributed by atoms with Crippen molar-refractivity contribution >= 4 is 47.2 Å². The van der Waals surface area contributed by atoms with Gasteiger partial charge in [0.1, 0.15) is 6.73 Å². The summed E-state index contributed by atoms with van der Waals surface area (Å²) in [6, 6.07) is 6.45. The van der Waals surface area contributed by atoms with Gasteiger partial charge in [-0.25, -0.2) is 27.9 Å². The van der Waals surface area contributed by atoms with E-state index in [0.717, 1.165) is 41.6 Å². The smallest absolute Gasteiger partial charge is 0.404 e. The van der Waals surface area contributed by atoms with E-state index in [1.54, 1.807) is 25.4 Å². The van der Waals surface area contributed by atoms with Crippen LogP contribution in [0.4, 0.5) is 16.4 Å². The maximum Gasteiger partial charge on any atom is 0.404 e. The number of ether oxygens (including phenoxy) is 1. The summed E-state index contributed by atoms with van der Waals surface area (Å²) in [5.41, 5.74) is 1.27. The summed E-state index contributed by atoms with van der Waals surface area (Å²) in [6.45, 7) is 10.0. The zero-order valence-corrected chi connectivity index (χ0v) is 27.6. The lowest BCUT2D eigenvalue weighted by Crippen LogP contribution is -2.36. The third-order valence-corrected chi connectivity index (χ3v) is 11.9. The monoisotopic (exact) mass is 634 g/mol. The third kappa shape index (κ3) is 8.19. The lowest BCUT2D eigenvalue weighted by molar-refractivity contribution is 0.0882. The van der Waals surface area contributed by atoms with Crippen LogP contribution in [0.5, 0.6) is 0 Å². The van der Waals surface area contributed by atoms with Crippen LogP contribution in [0.1, 0.15) is 43.5 Å². The molecule has 11 nitrogen and oxygen atoms in total. The molecule has 42 heavy (non-hydrogen) atoms. The molecule has 4 rings (SSSR count). The van der Waals surface area contributed by atoms with Crippen molar-refractivity contribution in [3.63, 3.8) is 0 Å². The molecule has 1 fully saturated rings. The fourth-order valence-electron chi connectivity index (χ4n) is 5.03. The molecule has 0 spiro atoms. The molecule has 0 atom stereocenters. The molecule has 14 heteroatoms. The second-order valence-corrected chi connectivity index (χ2v) is 20.3. The van der Waals surface area contributed by atoms with Crippen molar-refractivity contribution in [1.82, 2.24) is 24.6 Å². The summed E-state index contributed by atoms with van der Waals surface area (Å²) in [5, 5.41) is 12.5. The molecular weight excluding hydrogens is 593 g/mol. The molecule has 1 aromatic carbocycles. The Balaban J connectivity index is 1.57. The summed E-state index contributed by atoms with van der Waals surface area (Å²) in [6.07, 6.45) is 7.50. The van der Waals surface area contributed by atoms with E-state index in [1.165, 1.54) is 11.3 Å². The third-order valence-electron chi connectivity index (χ3n) is 7.39. The first-order chi connectivity index (χ1) is 19.9. The maximum atomic E-state index is 13.4. The van der Waals surface area contributed by atoms with E-state index in [1.807, 2.05) is 34.8 Å². The zero-order valence-electron chi connectivity index (χ0n) is 25.0. The summed E-state index contributed by atoms with van der Waals surface area (Å²) >= 11 is 1.50. The number of hydrogen-bond acceptors (Lipinski definition) is 8. The van der Waals surface area contributed by atoms with Crippen LogP contribution < -0.4 is 14.9 Å². The van der Waals surface area contributed by atoms with Gasteiger partial charge in [0, 0.05) is 70.1 Å². The molecule has 1 aliphatic carbocycles. The minimum Gasteiger partial charge on any atom is -0.465 e. The highest BCUT2D eigenvalue weighted by Crippen LogP contribution is 2.40. The van der Waals surface area contributed by atoms with Crippen molar-refractivity contribution < 1.29 is 23.1 Å². The molecule has 3 N–H and O–H groups in total. The number of anilines is 2. The number of carboxylic acid groups (broad SMARTS) is 1. The Morgan fingerprint density at radius 1 is 1.21 bits per heavy atom. The number of hydrogen-bond donors (Lipinski definition) is 3. The van der Waals surface area contributed by atoms with Gasteiger partial charge in [0.2, 0.25) is 16.0 Å². The number of nitrogens with zero attached hydrogens (tertiary/aromatic N) is 4. The molecule has 0 aliphatic heterocycles. The fraction of sp³-hybridized carbons (Fsp3) is 0.536. The number of rotatable bonds is 13. The van der Waals surface area contributed by atoms with Crippen molar-refractivity contribution in [2.24, 2.45) is 0 Å². The number of nitrogens with one attached hydrogen (secondary N) is 2. The average molecular weight is 635 g/mol. The van der Waals surface area contributed by atoms with Crippen LogP contribution in [-0.2, 0) is 21.5 Å². The lowest BCUT2D eigenvalue weighted by atomic mass is 9.86. The van der Waals surface area contributed by atoms with Gasteiger partial charge >= 0.3 is 6.09 Å². The van der Waals surface area contributed by atoms with E-state index < -0.39 is 24.2 Å². The predicted octanol–water partition coefficient (Wildman–Crippen LogP) is 5.68. The van der Waals surface area contributed by atoms with Crippen molar-refractivity contribution in [2.45, 2.75) is 81.9 Å². The van der Waals surface area contributed by atoms with E-state index in [4.69, 9.17) is 9.84 Å². The van der Waals surface area contributed by atoms with Gasteiger partial charge in [-0.15, -0.1) is 11.3 Å². The molecule has 2 aromatic heterocycles. The standard InChI is InChI=1S/C28H42N6O5S2Si/c1-6-31-41(37,38)25-17-22(33(2)27-29-13-14-34(27)19-39-15-16-42(3,4)5)11-12-23(25)24-18-30-26(40-24)20-7-9-21(10-8-20)32-28(35)36/h11-14,17-18,20-21,31-32H,6-10,15-16,19H2,1-5H3,(H,35,36). The van der Waals surface area contributed by atoms with Gasteiger partial charge in [0.15, 0.2) is 0 Å². The summed E-state index contributed by atoms with van der Waals surface area (Å²) in [5.74, 6) is 0.872. The summed E-state index contributed by atoms with van der Waals surface area (Å²) in [7, 11) is -3.14. The maximum absolute atomic E-state index is 13.4. The second kappa shape index (κ2) is 13.7. The van der Waals surface area contributed by atoms with Crippen LogP contribution in [0.3, 0.4) is 0 Å². The number of aromatic nitrogens is 3. The zero-order chi connectivity index (χ0) is 30.5. The Labute approximate surface area is 253 Å². The highest BCUT2D eigenvalue weighted by atomic mass is 32.2. The highest BCUT2D eigenvalue weighted by molar-refractivity contribution is 7.89. The molecule has 1 aliphatic rings. The number of carbonyl (C=O) groups is 1. The Morgan fingerprint density at radius 2 is 1.95 bits per heavy atom. The fourth-order valence-corrected chi connectivity index (χ4v) is 8.26. The Hall–Kier alpha value is -2.78. The van der Waals surface area contributed by atoms with Crippen LogP contribution in [0.25, 0.3) is 10.4 Å². The van der Waals surface area contributed by atoms with Crippen molar-refractivity contribution in [2.75, 3.05) is 25.1 Å². The van der Waals surface area contributed by atoms with Crippen LogP contribution in [-0.4, -0.2) is 68.5 Å². The number of amides is 1. The summed E-state index contributed by atoms with van der Waals surface area (Å²) < 4.78 is 37.3. The molecule has 2 heterocycles. The van der Waals surface area contributed by atoms with Gasteiger partial charge in [-0.2, -0.15) is 0 Å². The minimum absolute atomic E-state index is 0.0353. The van der Waals surface area contributed by atoms with E-state index in [-0.39, 0.29) is 23.4 Å². The Morgan fingerprint density at radius 3 is 2.62 bits per heavy atom. The molecule has 0 saturated heterocycles. The van der Waals surface area contributed by atoms with Crippen molar-refractivity contribution in [1.29, 1.82) is 0 Å². The van der Waals surface area contributed by atoms with Gasteiger partial charge in [-0.3, -0.25) is 4.57 Å². The van der Waals surface area contributed by atoms with E-state index in [9.17, 15) is 13.2 Å². The van der Waals surface area contributed by atoms with Crippen molar-refractivity contribution in [3.05, 3.63) is 41.8 Å². The normalized spacial score (nSPS) is 17.7. The molecule has 1 saturated carbocycles. The molecule has 0 bridgehead atoms. The average Bonchev–Trinajstić information content (AvgIpc) is 3.60. The van der Waals surface area contributed by atoms with E-state index in [2.05, 4.69) is 39.6 Å². The quantitative estimate of drug-likeness (QED) is 0.161. The highest BCUT2D eigenvalue weighted by Gasteiger charge is 2.27. The number of sulfonamides is 1. The first kappa shape index (κ1) is 32.1. The van der Waals surface area contributed by atoms with Gasteiger partial charge < -0.3 is 20.1 Å². The lowest BCUT2D eigenvalue weighted by Gasteiger charge is -2.27. The predicted molar refractivity (Wildman–Crippen MR) is 169 cm³/mol. The Kier molecular flexibility index (Phi) is 10.5. The summed E-state index contributed by atoms with van der Waals surface area (Å²) in [4.78, 5) is 23.0. The van der Waals surface area contributed by atoms with Gasteiger partial charge in [0.05, 0.1) is 14.8 Å². The van der Waals surface area contributed by atoms with Crippen LogP contribution in [0.15, 0.2) is 41.7 Å². The van der Waals surface area contributed by atoms with Crippen LogP contribution >= 0.6 is 11.3 Å². The molecule has 0 radical (unpaired) electrons. The topological polar surface area (TPSA) is 139 Å². The molecule has 1 amide bonds. The van der Waals surface area contributed by atoms with Crippen molar-refractivity contribution in [3.8, 4) is 10.4 Å². The number of imidazole rings is 1. The number of benzene rings is 1. The Bertz CT molecular complexity index is 1460. The molecule has 230 valence electrons. The van der Waals surface area contributed by atoms with Gasteiger partial charge in [-0.1, -0.05) is 32.6 Å². The minimum atomic E-state index is -3.80. The SMILES string of the molecule is CCNS(=O)(=O)c1cc(N(C)c2nccn2COCC[Si](C)(C)C)ccc1-c1cnc(C2CCC(NC(=O)O)CC2)s1. The van der Waals surface area contributed by atoms with Crippen LogP contribution in [0, 0.1) is 0 Å². The van der Waals surface area contributed by atoms with Gasteiger partial charge in [-0.05, 0) is 43.9 Å². The molecule has 0 unspecified atom stereocenters. The van der Waals surface area contributed by atoms with E-state index >= 15 is 0 Å². The first-order valence-corrected chi connectivity index (χ1v) is 20.3. The van der Waals surface area contributed by atoms with Crippen LogP contribution in [0.2, 0.25) is 25.7 Å². The second-order valence-electron chi connectivity index (χ2n) is 11.8. The number of thiazole rings is 1. The van der Waals surface area contributed by atoms with Gasteiger partial charge in [0.25, 0.3) is 0 Å². The largest absolute Gasteiger partial charge is 0.465 e.